The number of rotatable bonds is 9. The van der Waals surface area contributed by atoms with E-state index >= 15 is 0 Å². The molecule has 0 bridgehead atoms. The maximum atomic E-state index is 5.69. The zero-order valence-corrected chi connectivity index (χ0v) is 14.3. The van der Waals surface area contributed by atoms with Crippen molar-refractivity contribution in [2.75, 3.05) is 26.2 Å². The van der Waals surface area contributed by atoms with Crippen molar-refractivity contribution in [1.82, 2.24) is 15.2 Å². The second-order valence-electron chi connectivity index (χ2n) is 6.34. The molecular weight excluding hydrogens is 262 g/mol. The molecule has 1 aromatic rings. The zero-order valence-electron chi connectivity index (χ0n) is 14.3. The van der Waals surface area contributed by atoms with Gasteiger partial charge in [0.25, 0.3) is 0 Å². The second kappa shape index (κ2) is 9.13. The van der Waals surface area contributed by atoms with Gasteiger partial charge >= 0.3 is 0 Å². The molecule has 0 amide bonds. The van der Waals surface area contributed by atoms with Crippen LogP contribution in [0.3, 0.4) is 0 Å². The Morgan fingerprint density at radius 2 is 1.90 bits per heavy atom. The summed E-state index contributed by atoms with van der Waals surface area (Å²) in [7, 11) is 0. The van der Waals surface area contributed by atoms with Crippen LogP contribution in [-0.4, -0.2) is 41.7 Å². The van der Waals surface area contributed by atoms with Crippen LogP contribution in [0.1, 0.15) is 45.9 Å². The van der Waals surface area contributed by atoms with Gasteiger partial charge in [-0.25, -0.2) is 0 Å². The van der Waals surface area contributed by atoms with Gasteiger partial charge < -0.3 is 15.0 Å². The molecule has 120 valence electrons. The van der Waals surface area contributed by atoms with Crippen LogP contribution in [0.15, 0.2) is 18.3 Å². The third-order valence-corrected chi connectivity index (χ3v) is 3.41. The highest BCUT2D eigenvalue weighted by molar-refractivity contribution is 5.13. The predicted molar refractivity (Wildman–Crippen MR) is 88.3 cm³/mol. The highest BCUT2D eigenvalue weighted by atomic mass is 16.5. The Morgan fingerprint density at radius 1 is 1.19 bits per heavy atom. The Bertz CT molecular complexity index is 380. The molecule has 1 rings (SSSR count). The monoisotopic (exact) mass is 293 g/mol. The van der Waals surface area contributed by atoms with E-state index in [1.54, 1.807) is 0 Å². The summed E-state index contributed by atoms with van der Waals surface area (Å²) in [5.74, 6) is 0. The van der Waals surface area contributed by atoms with Gasteiger partial charge in [0.15, 0.2) is 0 Å². The third-order valence-electron chi connectivity index (χ3n) is 3.41. The van der Waals surface area contributed by atoms with Gasteiger partial charge in [0.05, 0.1) is 18.9 Å². The maximum Gasteiger partial charge on any atom is 0.0888 e. The molecule has 0 aliphatic rings. The van der Waals surface area contributed by atoms with E-state index in [0.29, 0.717) is 6.61 Å². The number of likely N-dealkylation sites (N-methyl/N-ethyl adjacent to an activating group) is 1. The van der Waals surface area contributed by atoms with Crippen LogP contribution in [0.4, 0.5) is 0 Å². The summed E-state index contributed by atoms with van der Waals surface area (Å²) >= 11 is 0. The number of hydrogen-bond acceptors (Lipinski definition) is 4. The van der Waals surface area contributed by atoms with E-state index < -0.39 is 0 Å². The van der Waals surface area contributed by atoms with Crippen LogP contribution in [-0.2, 0) is 17.9 Å². The Morgan fingerprint density at radius 3 is 2.43 bits per heavy atom. The van der Waals surface area contributed by atoms with Crippen LogP contribution < -0.4 is 5.32 Å². The average molecular weight is 293 g/mol. The molecule has 0 aromatic carbocycles. The van der Waals surface area contributed by atoms with Gasteiger partial charge in [0.1, 0.15) is 0 Å². The first-order valence-corrected chi connectivity index (χ1v) is 7.93. The first kappa shape index (κ1) is 18.1. The van der Waals surface area contributed by atoms with Crippen LogP contribution in [0.5, 0.6) is 0 Å². The normalized spacial score (nSPS) is 12.1. The number of nitrogens with one attached hydrogen (secondary N) is 1. The molecule has 0 atom stereocenters. The largest absolute Gasteiger partial charge is 0.374 e. The van der Waals surface area contributed by atoms with Crippen molar-refractivity contribution in [2.45, 2.75) is 53.3 Å². The second-order valence-corrected chi connectivity index (χ2v) is 6.34. The highest BCUT2D eigenvalue weighted by Gasteiger charge is 2.08. The molecule has 0 fully saturated rings. The van der Waals surface area contributed by atoms with Crippen molar-refractivity contribution in [1.29, 1.82) is 0 Å². The third kappa shape index (κ3) is 8.15. The maximum absolute atomic E-state index is 5.69. The van der Waals surface area contributed by atoms with Gasteiger partial charge in [-0.2, -0.15) is 0 Å². The van der Waals surface area contributed by atoms with E-state index in [9.17, 15) is 0 Å². The Balaban J connectivity index is 2.28. The fourth-order valence-electron chi connectivity index (χ4n) is 1.92. The van der Waals surface area contributed by atoms with Gasteiger partial charge in [-0.1, -0.05) is 19.9 Å². The molecule has 1 heterocycles. The fourth-order valence-corrected chi connectivity index (χ4v) is 1.92. The predicted octanol–water partition coefficient (Wildman–Crippen LogP) is 2.83. The lowest BCUT2D eigenvalue weighted by atomic mass is 10.1. The molecule has 4 heteroatoms. The molecule has 0 aliphatic heterocycles. The van der Waals surface area contributed by atoms with Gasteiger partial charge in [0.2, 0.25) is 0 Å². The lowest BCUT2D eigenvalue weighted by Crippen LogP contribution is -2.35. The number of pyridine rings is 1. The fraction of sp³-hybridized carbons (Fsp3) is 0.706. The molecule has 0 spiro atoms. The molecule has 0 radical (unpaired) electrons. The Labute approximate surface area is 129 Å². The first-order valence-electron chi connectivity index (χ1n) is 7.93. The quantitative estimate of drug-likeness (QED) is 0.710. The van der Waals surface area contributed by atoms with Crippen LogP contribution in [0.2, 0.25) is 0 Å². The zero-order chi connectivity index (χ0) is 15.7. The van der Waals surface area contributed by atoms with E-state index in [4.69, 9.17) is 4.74 Å². The summed E-state index contributed by atoms with van der Waals surface area (Å²) in [6.45, 7) is 16.2. The van der Waals surface area contributed by atoms with Gasteiger partial charge in [-0.05, 0) is 45.5 Å². The minimum absolute atomic E-state index is 0.131. The molecule has 0 saturated heterocycles. The number of nitrogens with zero attached hydrogens (tertiary/aromatic N) is 2. The first-order chi connectivity index (χ1) is 9.94. The summed E-state index contributed by atoms with van der Waals surface area (Å²) in [4.78, 5) is 6.81. The van der Waals surface area contributed by atoms with Gasteiger partial charge in [-0.3, -0.25) is 4.98 Å². The van der Waals surface area contributed by atoms with Crippen molar-refractivity contribution in [2.24, 2.45) is 0 Å². The summed E-state index contributed by atoms with van der Waals surface area (Å²) < 4.78 is 5.69. The van der Waals surface area contributed by atoms with E-state index in [2.05, 4.69) is 62.0 Å². The van der Waals surface area contributed by atoms with Crippen molar-refractivity contribution in [3.8, 4) is 0 Å². The number of ether oxygens (including phenoxy) is 1. The van der Waals surface area contributed by atoms with Crippen LogP contribution in [0, 0.1) is 0 Å². The average Bonchev–Trinajstić information content (AvgIpc) is 2.46. The summed E-state index contributed by atoms with van der Waals surface area (Å²) in [5.41, 5.74) is 2.33. The minimum atomic E-state index is 0.131. The van der Waals surface area contributed by atoms with Crippen molar-refractivity contribution >= 4 is 0 Å². The smallest absolute Gasteiger partial charge is 0.0888 e. The number of aromatic nitrogens is 1. The summed E-state index contributed by atoms with van der Waals surface area (Å²) in [6.07, 6.45) is 1.93. The van der Waals surface area contributed by atoms with Gasteiger partial charge in [-0.15, -0.1) is 0 Å². The molecule has 4 nitrogen and oxygen atoms in total. The molecule has 21 heavy (non-hydrogen) atoms. The van der Waals surface area contributed by atoms with Crippen molar-refractivity contribution in [3.63, 3.8) is 0 Å². The summed E-state index contributed by atoms with van der Waals surface area (Å²) in [6, 6.07) is 4.17. The lowest BCUT2D eigenvalue weighted by molar-refractivity contribution is 0.0936. The summed E-state index contributed by atoms with van der Waals surface area (Å²) in [5, 5.41) is 3.46. The van der Waals surface area contributed by atoms with E-state index in [1.165, 1.54) is 5.56 Å². The topological polar surface area (TPSA) is 37.4 Å². The Kier molecular flexibility index (Phi) is 7.86. The molecule has 1 N–H and O–H groups in total. The minimum Gasteiger partial charge on any atom is -0.374 e. The molecule has 0 unspecified atom stereocenters. The van der Waals surface area contributed by atoms with Crippen LogP contribution in [0.25, 0.3) is 0 Å². The van der Waals surface area contributed by atoms with E-state index in [1.807, 2.05) is 6.20 Å². The van der Waals surface area contributed by atoms with Gasteiger partial charge in [0, 0.05) is 24.8 Å². The van der Waals surface area contributed by atoms with E-state index in [0.717, 1.165) is 38.5 Å². The van der Waals surface area contributed by atoms with Crippen molar-refractivity contribution in [3.05, 3.63) is 29.6 Å². The molecular formula is C17H31N3O. The SMILES string of the molecule is CCN(CC)CCOCc1ccc(CNC(C)(C)C)cn1. The van der Waals surface area contributed by atoms with E-state index in [-0.39, 0.29) is 5.54 Å². The Hall–Kier alpha value is -0.970. The van der Waals surface area contributed by atoms with Crippen LogP contribution >= 0.6 is 0 Å². The molecule has 0 aliphatic carbocycles. The van der Waals surface area contributed by atoms with Crippen molar-refractivity contribution < 1.29 is 4.74 Å². The highest BCUT2D eigenvalue weighted by Crippen LogP contribution is 2.05. The lowest BCUT2D eigenvalue weighted by Gasteiger charge is -2.20. The number of hydrogen-bond donors (Lipinski definition) is 1. The molecule has 1 aromatic heterocycles. The molecule has 0 saturated carbocycles. The standard InChI is InChI=1S/C17H31N3O/c1-6-20(7-2)10-11-21-14-16-9-8-15(12-18-16)13-19-17(3,4)5/h8-9,12,19H,6-7,10-11,13-14H2,1-5H3.